The third-order valence-corrected chi connectivity index (χ3v) is 2.99. The van der Waals surface area contributed by atoms with Gasteiger partial charge in [-0.1, -0.05) is 5.16 Å². The Labute approximate surface area is 130 Å². The van der Waals surface area contributed by atoms with E-state index >= 15 is 0 Å². The number of amides is 1. The Bertz CT molecular complexity index is 936. The van der Waals surface area contributed by atoms with E-state index in [2.05, 4.69) is 25.5 Å². The van der Waals surface area contributed by atoms with E-state index in [1.54, 1.807) is 26.8 Å². The molecule has 9 heteroatoms. The minimum Gasteiger partial charge on any atom is -0.361 e. The Morgan fingerprint density at radius 2 is 2.00 bits per heavy atom. The molecular weight excluding hydrogens is 300 g/mol. The zero-order valence-corrected chi connectivity index (χ0v) is 12.7. The number of hydrogen-bond donors (Lipinski definition) is 2. The summed E-state index contributed by atoms with van der Waals surface area (Å²) in [5, 5.41) is 10.6. The van der Waals surface area contributed by atoms with Crippen molar-refractivity contribution in [2.75, 3.05) is 5.32 Å². The molecule has 3 heterocycles. The summed E-state index contributed by atoms with van der Waals surface area (Å²) in [6, 6.07) is 4.55. The quantitative estimate of drug-likeness (QED) is 0.747. The molecule has 3 aromatic heterocycles. The Morgan fingerprint density at radius 3 is 2.65 bits per heavy atom. The topological polar surface area (TPSA) is 119 Å². The van der Waals surface area contributed by atoms with Crippen LogP contribution >= 0.6 is 0 Å². The maximum atomic E-state index is 12.2. The van der Waals surface area contributed by atoms with Gasteiger partial charge in [0.1, 0.15) is 11.6 Å². The molecule has 0 saturated carbocycles. The lowest BCUT2D eigenvalue weighted by atomic mass is 10.3. The third-order valence-electron chi connectivity index (χ3n) is 2.99. The number of carbonyl (C=O) groups excluding carboxylic acids is 1. The first kappa shape index (κ1) is 14.7. The normalized spacial score (nSPS) is 10.7. The molecule has 0 atom stereocenters. The molecule has 0 radical (unpaired) electrons. The monoisotopic (exact) mass is 314 g/mol. The van der Waals surface area contributed by atoms with Crippen molar-refractivity contribution in [2.45, 2.75) is 20.8 Å². The number of aromatic amines is 1. The molecule has 3 rings (SSSR count). The smallest absolute Gasteiger partial charge is 0.279 e. The molecule has 9 nitrogen and oxygen atoms in total. The molecule has 3 aromatic rings. The molecular formula is C14H14N6O3. The summed E-state index contributed by atoms with van der Waals surface area (Å²) in [5.74, 6) is 0.666. The van der Waals surface area contributed by atoms with Crippen molar-refractivity contribution in [3.8, 4) is 5.95 Å². The molecule has 0 spiro atoms. The molecule has 1 amide bonds. The zero-order chi connectivity index (χ0) is 16.6. The van der Waals surface area contributed by atoms with Crippen LogP contribution in [0.4, 0.5) is 5.82 Å². The van der Waals surface area contributed by atoms with E-state index in [1.165, 1.54) is 16.8 Å². The van der Waals surface area contributed by atoms with Gasteiger partial charge in [-0.2, -0.15) is 9.78 Å². The maximum Gasteiger partial charge on any atom is 0.279 e. The fourth-order valence-electron chi connectivity index (χ4n) is 2.07. The van der Waals surface area contributed by atoms with E-state index in [9.17, 15) is 9.59 Å². The van der Waals surface area contributed by atoms with Gasteiger partial charge in [0.05, 0.1) is 5.69 Å². The number of aromatic nitrogens is 5. The van der Waals surface area contributed by atoms with Crippen LogP contribution in [0.1, 0.15) is 27.6 Å². The Hall–Kier alpha value is -3.23. The highest BCUT2D eigenvalue weighted by Crippen LogP contribution is 2.15. The van der Waals surface area contributed by atoms with Crippen molar-refractivity contribution in [1.82, 2.24) is 24.9 Å². The second-order valence-corrected chi connectivity index (χ2v) is 5.07. The van der Waals surface area contributed by atoms with Crippen molar-refractivity contribution in [1.29, 1.82) is 0 Å². The van der Waals surface area contributed by atoms with Crippen LogP contribution in [0.3, 0.4) is 0 Å². The van der Waals surface area contributed by atoms with Gasteiger partial charge in [-0.25, -0.2) is 4.98 Å². The summed E-state index contributed by atoms with van der Waals surface area (Å²) in [5.41, 5.74) is 1.05. The number of H-pyrrole nitrogens is 1. The predicted octanol–water partition coefficient (Wildman–Crippen LogP) is 1.12. The molecule has 0 bridgehead atoms. The van der Waals surface area contributed by atoms with E-state index in [0.717, 1.165) is 0 Å². The molecule has 0 aliphatic rings. The lowest BCUT2D eigenvalue weighted by Crippen LogP contribution is -2.19. The van der Waals surface area contributed by atoms with Gasteiger partial charge in [0, 0.05) is 23.9 Å². The fraction of sp³-hybridized carbons (Fsp3) is 0.214. The average molecular weight is 314 g/mol. The molecule has 0 fully saturated rings. The summed E-state index contributed by atoms with van der Waals surface area (Å²) in [6.45, 7) is 5.16. The first-order valence-corrected chi connectivity index (χ1v) is 6.82. The molecule has 2 N–H and O–H groups in total. The zero-order valence-electron chi connectivity index (χ0n) is 12.7. The highest BCUT2D eigenvalue weighted by molar-refractivity contribution is 6.02. The molecule has 0 aliphatic heterocycles. The standard InChI is InChI=1S/C14H14N6O3/c1-7-5-12(21)17-14(15-7)20-11(4-8(2)18-20)16-13(22)10-6-9(3)23-19-10/h4-6H,1-3H3,(H,16,22)(H,15,17,21). The Balaban J connectivity index is 1.97. The Kier molecular flexibility index (Phi) is 3.53. The first-order chi connectivity index (χ1) is 10.9. The van der Waals surface area contributed by atoms with Gasteiger partial charge in [0.2, 0.25) is 5.95 Å². The van der Waals surface area contributed by atoms with E-state index in [4.69, 9.17) is 4.52 Å². The van der Waals surface area contributed by atoms with Crippen LogP contribution in [-0.2, 0) is 0 Å². The molecule has 0 saturated heterocycles. The van der Waals surface area contributed by atoms with Crippen molar-refractivity contribution in [3.05, 3.63) is 51.4 Å². The van der Waals surface area contributed by atoms with E-state index in [1.807, 2.05) is 0 Å². The van der Waals surface area contributed by atoms with Gasteiger partial charge >= 0.3 is 0 Å². The van der Waals surface area contributed by atoms with Gasteiger partial charge in [0.15, 0.2) is 5.69 Å². The van der Waals surface area contributed by atoms with Crippen LogP contribution in [0, 0.1) is 20.8 Å². The van der Waals surface area contributed by atoms with Crippen molar-refractivity contribution in [2.24, 2.45) is 0 Å². The highest BCUT2D eigenvalue weighted by Gasteiger charge is 2.16. The van der Waals surface area contributed by atoms with Gasteiger partial charge in [-0.3, -0.25) is 14.6 Å². The number of nitrogens with one attached hydrogen (secondary N) is 2. The van der Waals surface area contributed by atoms with Crippen LogP contribution in [-0.4, -0.2) is 30.8 Å². The second kappa shape index (κ2) is 5.52. The summed E-state index contributed by atoms with van der Waals surface area (Å²) in [4.78, 5) is 30.6. The number of anilines is 1. The third kappa shape index (κ3) is 3.03. The van der Waals surface area contributed by atoms with Crippen molar-refractivity contribution in [3.63, 3.8) is 0 Å². The van der Waals surface area contributed by atoms with Gasteiger partial charge < -0.3 is 9.84 Å². The number of rotatable bonds is 3. The van der Waals surface area contributed by atoms with Crippen LogP contribution in [0.15, 0.2) is 27.5 Å². The SMILES string of the molecule is Cc1cc(=O)[nH]c(-n2nc(C)cc2NC(=O)c2cc(C)on2)n1. The van der Waals surface area contributed by atoms with Crippen LogP contribution in [0.25, 0.3) is 5.95 Å². The summed E-state index contributed by atoms with van der Waals surface area (Å²) in [7, 11) is 0. The lowest BCUT2D eigenvalue weighted by Gasteiger charge is -2.07. The van der Waals surface area contributed by atoms with Crippen LogP contribution in [0.2, 0.25) is 0 Å². The van der Waals surface area contributed by atoms with Crippen molar-refractivity contribution < 1.29 is 9.32 Å². The van der Waals surface area contributed by atoms with Gasteiger partial charge in [-0.05, 0) is 20.8 Å². The number of aryl methyl sites for hydroxylation is 3. The number of hydrogen-bond acceptors (Lipinski definition) is 6. The van der Waals surface area contributed by atoms with E-state index < -0.39 is 5.91 Å². The summed E-state index contributed by atoms with van der Waals surface area (Å²) >= 11 is 0. The fourth-order valence-corrected chi connectivity index (χ4v) is 2.07. The lowest BCUT2D eigenvalue weighted by molar-refractivity contribution is 0.101. The minimum absolute atomic E-state index is 0.151. The van der Waals surface area contributed by atoms with Crippen LogP contribution in [0.5, 0.6) is 0 Å². The molecule has 0 aromatic carbocycles. The second-order valence-electron chi connectivity index (χ2n) is 5.07. The van der Waals surface area contributed by atoms with Gasteiger partial charge in [0.25, 0.3) is 11.5 Å². The van der Waals surface area contributed by atoms with E-state index in [0.29, 0.717) is 23.0 Å². The predicted molar refractivity (Wildman–Crippen MR) is 80.6 cm³/mol. The van der Waals surface area contributed by atoms with Crippen molar-refractivity contribution >= 4 is 11.7 Å². The Morgan fingerprint density at radius 1 is 1.22 bits per heavy atom. The molecule has 118 valence electrons. The average Bonchev–Trinajstić information content (AvgIpc) is 3.04. The molecule has 0 unspecified atom stereocenters. The van der Waals surface area contributed by atoms with Crippen LogP contribution < -0.4 is 10.9 Å². The van der Waals surface area contributed by atoms with Gasteiger partial charge in [-0.15, -0.1) is 0 Å². The van der Waals surface area contributed by atoms with E-state index in [-0.39, 0.29) is 17.2 Å². The first-order valence-electron chi connectivity index (χ1n) is 6.82. The summed E-state index contributed by atoms with van der Waals surface area (Å²) in [6.07, 6.45) is 0. The minimum atomic E-state index is -0.446. The molecule has 0 aliphatic carbocycles. The number of nitrogens with zero attached hydrogens (tertiary/aromatic N) is 4. The number of carbonyl (C=O) groups is 1. The maximum absolute atomic E-state index is 12.2. The summed E-state index contributed by atoms with van der Waals surface area (Å²) < 4.78 is 6.24. The largest absolute Gasteiger partial charge is 0.361 e. The highest BCUT2D eigenvalue weighted by atomic mass is 16.5. The molecule has 23 heavy (non-hydrogen) atoms.